The Labute approximate surface area is 106 Å². The van der Waals surface area contributed by atoms with Crippen LogP contribution in [0.25, 0.3) is 11.0 Å². The highest BCUT2D eigenvalue weighted by atomic mass is 16.3. The third kappa shape index (κ3) is 2.54. The molecule has 96 valence electrons. The maximum absolute atomic E-state index is 12.0. The number of hydrogen-bond donors (Lipinski definition) is 2. The number of hydrogen-bond acceptors (Lipinski definition) is 3. The molecule has 18 heavy (non-hydrogen) atoms. The topological polar surface area (TPSA) is 62.5 Å². The molecule has 0 aliphatic carbocycles. The lowest BCUT2D eigenvalue weighted by Crippen LogP contribution is -2.40. The van der Waals surface area contributed by atoms with Crippen LogP contribution in [-0.4, -0.2) is 23.7 Å². The van der Waals surface area contributed by atoms with Crippen LogP contribution < -0.4 is 5.32 Å². The molecule has 0 spiro atoms. The van der Waals surface area contributed by atoms with E-state index in [9.17, 15) is 9.90 Å². The van der Waals surface area contributed by atoms with Gasteiger partial charge in [-0.3, -0.25) is 4.79 Å². The number of furan rings is 1. The highest BCUT2D eigenvalue weighted by molar-refractivity contribution is 5.96. The van der Waals surface area contributed by atoms with Gasteiger partial charge in [-0.2, -0.15) is 0 Å². The van der Waals surface area contributed by atoms with E-state index in [1.807, 2.05) is 38.1 Å². The summed E-state index contributed by atoms with van der Waals surface area (Å²) in [6.07, 6.45) is 0. The molecule has 0 saturated heterocycles. The van der Waals surface area contributed by atoms with E-state index in [1.165, 1.54) is 0 Å². The van der Waals surface area contributed by atoms with Crippen LogP contribution in [-0.2, 0) is 0 Å². The first-order chi connectivity index (χ1) is 8.61. The summed E-state index contributed by atoms with van der Waals surface area (Å²) in [6, 6.07) is 8.91. The first kappa shape index (κ1) is 12.6. The highest BCUT2D eigenvalue weighted by Gasteiger charge is 2.18. The Hall–Kier alpha value is -1.81. The average molecular weight is 247 g/mol. The van der Waals surface area contributed by atoms with Crippen molar-refractivity contribution in [2.24, 2.45) is 5.92 Å². The minimum Gasteiger partial charge on any atom is -0.451 e. The lowest BCUT2D eigenvalue weighted by Gasteiger charge is -2.18. The second-order valence-electron chi connectivity index (χ2n) is 4.66. The summed E-state index contributed by atoms with van der Waals surface area (Å²) in [6.45, 7) is 3.81. The van der Waals surface area contributed by atoms with Crippen molar-refractivity contribution in [3.8, 4) is 0 Å². The summed E-state index contributed by atoms with van der Waals surface area (Å²) in [5, 5.41) is 12.8. The molecule has 0 bridgehead atoms. The number of para-hydroxylation sites is 1. The van der Waals surface area contributed by atoms with Gasteiger partial charge < -0.3 is 14.8 Å². The van der Waals surface area contributed by atoms with Crippen LogP contribution in [0.5, 0.6) is 0 Å². The molecule has 4 heteroatoms. The molecule has 1 heterocycles. The molecule has 0 radical (unpaired) electrons. The van der Waals surface area contributed by atoms with Gasteiger partial charge in [0, 0.05) is 5.39 Å². The summed E-state index contributed by atoms with van der Waals surface area (Å²) in [4.78, 5) is 12.0. The lowest BCUT2D eigenvalue weighted by molar-refractivity contribution is 0.0871. The van der Waals surface area contributed by atoms with E-state index in [0.29, 0.717) is 5.58 Å². The van der Waals surface area contributed by atoms with Gasteiger partial charge in [0.2, 0.25) is 0 Å². The van der Waals surface area contributed by atoms with Crippen molar-refractivity contribution < 1.29 is 14.3 Å². The maximum Gasteiger partial charge on any atom is 0.287 e. The van der Waals surface area contributed by atoms with E-state index < -0.39 is 0 Å². The van der Waals surface area contributed by atoms with Crippen LogP contribution in [0.1, 0.15) is 24.4 Å². The van der Waals surface area contributed by atoms with Gasteiger partial charge in [0.15, 0.2) is 5.76 Å². The Balaban J connectivity index is 2.18. The number of rotatable bonds is 4. The minimum atomic E-state index is -0.293. The second kappa shape index (κ2) is 5.23. The molecule has 1 aromatic heterocycles. The van der Waals surface area contributed by atoms with E-state index in [0.717, 1.165) is 5.39 Å². The van der Waals surface area contributed by atoms with Crippen LogP contribution in [0.4, 0.5) is 0 Å². The van der Waals surface area contributed by atoms with Crippen molar-refractivity contribution in [1.82, 2.24) is 5.32 Å². The Morgan fingerprint density at radius 2 is 2.11 bits per heavy atom. The fourth-order valence-electron chi connectivity index (χ4n) is 1.76. The number of nitrogens with one attached hydrogen (secondary N) is 1. The Morgan fingerprint density at radius 1 is 1.39 bits per heavy atom. The van der Waals surface area contributed by atoms with Crippen molar-refractivity contribution in [2.75, 3.05) is 6.61 Å². The third-order valence-corrected chi connectivity index (χ3v) is 2.97. The zero-order valence-electron chi connectivity index (χ0n) is 10.5. The third-order valence-electron chi connectivity index (χ3n) is 2.97. The van der Waals surface area contributed by atoms with E-state index in [4.69, 9.17) is 4.42 Å². The van der Waals surface area contributed by atoms with Crippen LogP contribution in [0, 0.1) is 5.92 Å². The van der Waals surface area contributed by atoms with Gasteiger partial charge in [-0.25, -0.2) is 0 Å². The van der Waals surface area contributed by atoms with Crippen LogP contribution in [0.2, 0.25) is 0 Å². The van der Waals surface area contributed by atoms with Gasteiger partial charge in [0.1, 0.15) is 5.58 Å². The Morgan fingerprint density at radius 3 is 2.72 bits per heavy atom. The summed E-state index contributed by atoms with van der Waals surface area (Å²) >= 11 is 0. The molecule has 2 aromatic rings. The number of carbonyl (C=O) groups is 1. The molecule has 0 aliphatic heterocycles. The van der Waals surface area contributed by atoms with Crippen LogP contribution >= 0.6 is 0 Å². The molecule has 4 nitrogen and oxygen atoms in total. The molecule has 0 unspecified atom stereocenters. The molecule has 1 atom stereocenters. The summed E-state index contributed by atoms with van der Waals surface area (Å²) in [5.41, 5.74) is 0.688. The lowest BCUT2D eigenvalue weighted by atomic mass is 10.1. The summed E-state index contributed by atoms with van der Waals surface area (Å²) in [7, 11) is 0. The van der Waals surface area contributed by atoms with Crippen LogP contribution in [0.3, 0.4) is 0 Å². The predicted octanol–water partition coefficient (Wildman–Crippen LogP) is 2.18. The normalized spacial score (nSPS) is 12.9. The van der Waals surface area contributed by atoms with E-state index in [2.05, 4.69) is 5.32 Å². The van der Waals surface area contributed by atoms with Crippen molar-refractivity contribution in [3.63, 3.8) is 0 Å². The zero-order valence-corrected chi connectivity index (χ0v) is 10.5. The first-order valence-corrected chi connectivity index (χ1v) is 6.02. The number of benzene rings is 1. The van der Waals surface area contributed by atoms with Crippen LogP contribution in [0.15, 0.2) is 34.7 Å². The molecule has 2 N–H and O–H groups in total. The van der Waals surface area contributed by atoms with Crippen molar-refractivity contribution in [2.45, 2.75) is 19.9 Å². The Bertz CT molecular complexity index is 512. The van der Waals surface area contributed by atoms with Gasteiger partial charge >= 0.3 is 0 Å². The quantitative estimate of drug-likeness (QED) is 0.870. The molecular formula is C14H17NO3. The van der Waals surface area contributed by atoms with E-state index >= 15 is 0 Å². The molecule has 1 amide bonds. The SMILES string of the molecule is CC(C)[C@@H](CO)NC(=O)c1cc2ccccc2o1. The maximum atomic E-state index is 12.0. The number of aliphatic hydroxyl groups is 1. The van der Waals surface area contributed by atoms with Gasteiger partial charge in [0.05, 0.1) is 12.6 Å². The fourth-order valence-corrected chi connectivity index (χ4v) is 1.76. The van der Waals surface area contributed by atoms with Crippen molar-refractivity contribution >= 4 is 16.9 Å². The molecule has 2 rings (SSSR count). The zero-order chi connectivity index (χ0) is 13.1. The summed E-state index contributed by atoms with van der Waals surface area (Å²) < 4.78 is 5.46. The fraction of sp³-hybridized carbons (Fsp3) is 0.357. The standard InChI is InChI=1S/C14H17NO3/c1-9(2)11(8-16)15-14(17)13-7-10-5-3-4-6-12(10)18-13/h3-7,9,11,16H,8H2,1-2H3,(H,15,17)/t11-/m1/s1. The number of amides is 1. The van der Waals surface area contributed by atoms with Gasteiger partial charge in [-0.1, -0.05) is 32.0 Å². The van der Waals surface area contributed by atoms with Gasteiger partial charge in [0.25, 0.3) is 5.91 Å². The average Bonchev–Trinajstić information content (AvgIpc) is 2.79. The molecule has 0 aliphatic rings. The number of fused-ring (bicyclic) bond motifs is 1. The highest BCUT2D eigenvalue weighted by Crippen LogP contribution is 2.18. The molecule has 1 aromatic carbocycles. The number of carbonyl (C=O) groups excluding carboxylic acids is 1. The predicted molar refractivity (Wildman–Crippen MR) is 69.4 cm³/mol. The second-order valence-corrected chi connectivity index (χ2v) is 4.66. The summed E-state index contributed by atoms with van der Waals surface area (Å²) in [5.74, 6) is 0.151. The van der Waals surface area contributed by atoms with Gasteiger partial charge in [-0.15, -0.1) is 0 Å². The number of aliphatic hydroxyl groups excluding tert-OH is 1. The first-order valence-electron chi connectivity index (χ1n) is 6.02. The van der Waals surface area contributed by atoms with E-state index in [1.54, 1.807) is 6.07 Å². The smallest absolute Gasteiger partial charge is 0.287 e. The van der Waals surface area contributed by atoms with Crippen molar-refractivity contribution in [1.29, 1.82) is 0 Å². The Kier molecular flexibility index (Phi) is 3.67. The molecule has 0 saturated carbocycles. The largest absolute Gasteiger partial charge is 0.451 e. The van der Waals surface area contributed by atoms with Crippen molar-refractivity contribution in [3.05, 3.63) is 36.1 Å². The molecule has 0 fully saturated rings. The van der Waals surface area contributed by atoms with Gasteiger partial charge in [-0.05, 0) is 18.1 Å². The monoisotopic (exact) mass is 247 g/mol. The van der Waals surface area contributed by atoms with E-state index in [-0.39, 0.29) is 30.2 Å². The molecular weight excluding hydrogens is 230 g/mol. The minimum absolute atomic E-state index is 0.0797.